The Hall–Kier alpha value is -2.77. The van der Waals surface area contributed by atoms with E-state index in [1.54, 1.807) is 27.7 Å². The summed E-state index contributed by atoms with van der Waals surface area (Å²) in [6.45, 7) is 6.90. The molecule has 128 valence electrons. The van der Waals surface area contributed by atoms with Crippen molar-refractivity contribution in [2.45, 2.75) is 45.1 Å². The number of hydrogen-bond acceptors (Lipinski definition) is 6. The first kappa shape index (κ1) is 16.1. The standard InChI is InChI=1S/C16H19N3O5/c1-15(2,3)23-13(20)17-19-14(21)22-12-16(19,4)11(18-24-12)10-8-6-5-7-9-10/h5-9,12H,1-4H3,(H,17,20)/t12-,16+/m1/s1. The zero-order valence-corrected chi connectivity index (χ0v) is 13.9. The number of nitrogens with one attached hydrogen (secondary N) is 1. The van der Waals surface area contributed by atoms with E-state index in [9.17, 15) is 9.59 Å². The molecule has 1 fully saturated rings. The quantitative estimate of drug-likeness (QED) is 0.897. The fourth-order valence-corrected chi connectivity index (χ4v) is 2.58. The van der Waals surface area contributed by atoms with Crippen LogP contribution in [-0.4, -0.2) is 40.3 Å². The number of nitrogens with zero attached hydrogens (tertiary/aromatic N) is 2. The first-order valence-electron chi connectivity index (χ1n) is 7.52. The Kier molecular flexibility index (Phi) is 3.62. The van der Waals surface area contributed by atoms with E-state index >= 15 is 0 Å². The van der Waals surface area contributed by atoms with Gasteiger partial charge in [-0.1, -0.05) is 35.5 Å². The monoisotopic (exact) mass is 333 g/mol. The van der Waals surface area contributed by atoms with Gasteiger partial charge in [-0.3, -0.25) is 0 Å². The zero-order chi connectivity index (χ0) is 17.5. The fourth-order valence-electron chi connectivity index (χ4n) is 2.58. The largest absolute Gasteiger partial charge is 0.443 e. The Balaban J connectivity index is 1.88. The maximum atomic E-state index is 12.2. The Labute approximate surface area is 139 Å². The maximum absolute atomic E-state index is 12.2. The van der Waals surface area contributed by atoms with Crippen molar-refractivity contribution in [2.24, 2.45) is 5.16 Å². The van der Waals surface area contributed by atoms with Gasteiger partial charge in [0.1, 0.15) is 11.3 Å². The zero-order valence-electron chi connectivity index (χ0n) is 13.9. The first-order valence-corrected chi connectivity index (χ1v) is 7.52. The summed E-state index contributed by atoms with van der Waals surface area (Å²) >= 11 is 0. The third-order valence-electron chi connectivity index (χ3n) is 3.68. The van der Waals surface area contributed by atoms with Gasteiger partial charge in [-0.25, -0.2) is 15.0 Å². The Bertz CT molecular complexity index is 697. The molecule has 0 saturated carbocycles. The fraction of sp³-hybridized carbons (Fsp3) is 0.438. The summed E-state index contributed by atoms with van der Waals surface area (Å²) in [5.74, 6) is 0. The van der Waals surface area contributed by atoms with Gasteiger partial charge in [0, 0.05) is 5.56 Å². The summed E-state index contributed by atoms with van der Waals surface area (Å²) < 4.78 is 10.4. The van der Waals surface area contributed by atoms with E-state index in [1.807, 2.05) is 30.3 Å². The van der Waals surface area contributed by atoms with Crippen molar-refractivity contribution < 1.29 is 23.9 Å². The van der Waals surface area contributed by atoms with Gasteiger partial charge in [0.15, 0.2) is 5.54 Å². The van der Waals surface area contributed by atoms with E-state index in [0.717, 1.165) is 10.6 Å². The highest BCUT2D eigenvalue weighted by molar-refractivity contribution is 6.10. The lowest BCUT2D eigenvalue weighted by molar-refractivity contribution is -0.0865. The van der Waals surface area contributed by atoms with Crippen LogP contribution in [-0.2, 0) is 14.3 Å². The molecule has 3 rings (SSSR count). The van der Waals surface area contributed by atoms with E-state index in [1.165, 1.54) is 0 Å². The smallest absolute Gasteiger partial charge is 0.433 e. The lowest BCUT2D eigenvalue weighted by atomic mass is 9.90. The molecular formula is C16H19N3O5. The van der Waals surface area contributed by atoms with E-state index < -0.39 is 29.6 Å². The predicted molar refractivity (Wildman–Crippen MR) is 83.9 cm³/mol. The van der Waals surface area contributed by atoms with Crippen LogP contribution >= 0.6 is 0 Å². The molecule has 2 aliphatic rings. The minimum absolute atomic E-state index is 0.481. The normalized spacial score (nSPS) is 25.5. The number of hydrazine groups is 1. The topological polar surface area (TPSA) is 89.5 Å². The average Bonchev–Trinajstić information content (AvgIpc) is 2.92. The summed E-state index contributed by atoms with van der Waals surface area (Å²) in [6.07, 6.45) is -2.45. The highest BCUT2D eigenvalue weighted by atomic mass is 16.8. The first-order chi connectivity index (χ1) is 11.2. The van der Waals surface area contributed by atoms with Crippen molar-refractivity contribution >= 4 is 17.9 Å². The van der Waals surface area contributed by atoms with Crippen molar-refractivity contribution in [1.82, 2.24) is 10.4 Å². The summed E-state index contributed by atoms with van der Waals surface area (Å²) in [6, 6.07) is 9.23. The van der Waals surface area contributed by atoms with Crippen LogP contribution in [0.25, 0.3) is 0 Å². The highest BCUT2D eigenvalue weighted by Gasteiger charge is 2.62. The van der Waals surface area contributed by atoms with Crippen LogP contribution in [0, 0.1) is 0 Å². The van der Waals surface area contributed by atoms with Gasteiger partial charge in [0.25, 0.3) is 0 Å². The molecule has 24 heavy (non-hydrogen) atoms. The molecular weight excluding hydrogens is 314 g/mol. The third kappa shape index (κ3) is 2.64. The van der Waals surface area contributed by atoms with Gasteiger partial charge in [0.2, 0.25) is 0 Å². The van der Waals surface area contributed by atoms with E-state index in [0.29, 0.717) is 5.71 Å². The Morgan fingerprint density at radius 3 is 2.62 bits per heavy atom. The minimum Gasteiger partial charge on any atom is -0.443 e. The molecule has 0 aliphatic carbocycles. The lowest BCUT2D eigenvalue weighted by Gasteiger charge is -2.31. The van der Waals surface area contributed by atoms with Crippen molar-refractivity contribution in [3.63, 3.8) is 0 Å². The van der Waals surface area contributed by atoms with E-state index in [-0.39, 0.29) is 0 Å². The molecule has 0 spiro atoms. The number of hydrogen-bond donors (Lipinski definition) is 1. The minimum atomic E-state index is -1.10. The molecule has 8 heteroatoms. The van der Waals surface area contributed by atoms with Crippen LogP contribution in [0.15, 0.2) is 35.5 Å². The number of benzene rings is 1. The van der Waals surface area contributed by atoms with Crippen molar-refractivity contribution in [3.05, 3.63) is 35.9 Å². The molecule has 2 atom stereocenters. The van der Waals surface area contributed by atoms with Gasteiger partial charge in [-0.2, -0.15) is 5.01 Å². The molecule has 0 bridgehead atoms. The van der Waals surface area contributed by atoms with Gasteiger partial charge in [-0.05, 0) is 27.7 Å². The predicted octanol–water partition coefficient (Wildman–Crippen LogP) is 2.40. The molecule has 2 aliphatic heterocycles. The molecule has 0 aromatic heterocycles. The summed E-state index contributed by atoms with van der Waals surface area (Å²) in [7, 11) is 0. The summed E-state index contributed by atoms with van der Waals surface area (Å²) in [5, 5.41) is 5.09. The van der Waals surface area contributed by atoms with Gasteiger partial charge < -0.3 is 14.3 Å². The number of fused-ring (bicyclic) bond motifs is 1. The van der Waals surface area contributed by atoms with Crippen LogP contribution in [0.3, 0.4) is 0 Å². The second-order valence-corrected chi connectivity index (χ2v) is 6.72. The van der Waals surface area contributed by atoms with Gasteiger partial charge in [0.05, 0.1) is 0 Å². The number of amides is 2. The van der Waals surface area contributed by atoms with Crippen molar-refractivity contribution in [3.8, 4) is 0 Å². The van der Waals surface area contributed by atoms with Crippen molar-refractivity contribution in [1.29, 1.82) is 0 Å². The molecule has 1 aromatic carbocycles. The van der Waals surface area contributed by atoms with Crippen LogP contribution in [0.4, 0.5) is 9.59 Å². The van der Waals surface area contributed by atoms with Crippen LogP contribution in [0.2, 0.25) is 0 Å². The molecule has 2 heterocycles. The maximum Gasteiger partial charge on any atom is 0.433 e. The Morgan fingerprint density at radius 2 is 2.00 bits per heavy atom. The summed E-state index contributed by atoms with van der Waals surface area (Å²) in [5.41, 5.74) is 1.88. The van der Waals surface area contributed by atoms with Crippen LogP contribution in [0.5, 0.6) is 0 Å². The number of rotatable bonds is 2. The molecule has 1 saturated heterocycles. The number of ether oxygens (including phenoxy) is 2. The van der Waals surface area contributed by atoms with Crippen molar-refractivity contribution in [2.75, 3.05) is 0 Å². The van der Waals surface area contributed by atoms with Crippen LogP contribution in [0.1, 0.15) is 33.3 Å². The number of carbonyl (C=O) groups is 2. The lowest BCUT2D eigenvalue weighted by Crippen LogP contribution is -2.60. The van der Waals surface area contributed by atoms with E-state index in [2.05, 4.69) is 10.6 Å². The number of oxime groups is 1. The molecule has 0 radical (unpaired) electrons. The second kappa shape index (κ2) is 5.40. The third-order valence-corrected chi connectivity index (χ3v) is 3.68. The molecule has 0 unspecified atom stereocenters. The highest BCUT2D eigenvalue weighted by Crippen LogP contribution is 2.38. The molecule has 2 amide bonds. The Morgan fingerprint density at radius 1 is 1.33 bits per heavy atom. The molecule has 1 aromatic rings. The molecule has 8 nitrogen and oxygen atoms in total. The summed E-state index contributed by atoms with van der Waals surface area (Å²) in [4.78, 5) is 29.5. The number of carbonyl (C=O) groups excluding carboxylic acids is 2. The van der Waals surface area contributed by atoms with Gasteiger partial charge >= 0.3 is 18.5 Å². The van der Waals surface area contributed by atoms with Crippen LogP contribution < -0.4 is 5.43 Å². The average molecular weight is 333 g/mol. The van der Waals surface area contributed by atoms with E-state index in [4.69, 9.17) is 14.3 Å². The molecule has 1 N–H and O–H groups in total. The second-order valence-electron chi connectivity index (χ2n) is 6.72. The van der Waals surface area contributed by atoms with Gasteiger partial charge in [-0.15, -0.1) is 0 Å². The SMILES string of the molecule is CC(C)(C)OC(=O)NN1C(=O)O[C@@H]2ON=C(c3ccccc3)[C@@]21C.